The zero-order chi connectivity index (χ0) is 18.5. The second-order valence-corrected chi connectivity index (χ2v) is 7.83. The molecular formula is C22H20N2O2S. The predicted molar refractivity (Wildman–Crippen MR) is 108 cm³/mol. The Kier molecular flexibility index (Phi) is 5.30. The van der Waals surface area contributed by atoms with E-state index in [4.69, 9.17) is 9.10 Å². The van der Waals surface area contributed by atoms with Crippen LogP contribution in [0.3, 0.4) is 0 Å². The number of benzene rings is 3. The van der Waals surface area contributed by atoms with Crippen LogP contribution in [0.1, 0.15) is 5.56 Å². The van der Waals surface area contributed by atoms with E-state index in [2.05, 4.69) is 53.8 Å². The lowest BCUT2D eigenvalue weighted by Gasteiger charge is -2.07. The van der Waals surface area contributed by atoms with Crippen molar-refractivity contribution in [2.24, 2.45) is 4.36 Å². The number of hydrogen-bond acceptors (Lipinski definition) is 3. The van der Waals surface area contributed by atoms with Gasteiger partial charge in [-0.05, 0) is 39.5 Å². The van der Waals surface area contributed by atoms with Crippen LogP contribution < -0.4 is 5.32 Å². The number of hydrogen-bond donors (Lipinski definition) is 1. The SMILES string of the molecule is O=C(NCCN=S1c2ccccc2-c2ccccc21)OCc1ccccc1. The molecule has 1 amide bonds. The standard InChI is InChI=1S/C22H20N2O2S/c25-22(26-16-17-8-2-1-3-9-17)23-14-15-24-27-20-12-6-4-10-18(20)19-11-5-7-13-21(19)27/h1-13H,14-16H2,(H,23,25). The third-order valence-corrected chi connectivity index (χ3v) is 6.28. The first-order chi connectivity index (χ1) is 13.3. The molecule has 0 spiro atoms. The van der Waals surface area contributed by atoms with Crippen LogP contribution in [0.2, 0.25) is 0 Å². The molecule has 1 aliphatic rings. The Balaban J connectivity index is 1.36. The number of rotatable bonds is 5. The summed E-state index contributed by atoms with van der Waals surface area (Å²) in [6.07, 6.45) is -0.412. The van der Waals surface area contributed by atoms with Gasteiger partial charge < -0.3 is 10.1 Å². The van der Waals surface area contributed by atoms with E-state index in [1.54, 1.807) is 0 Å². The van der Waals surface area contributed by atoms with Gasteiger partial charge in [0.15, 0.2) is 0 Å². The number of alkyl carbamates (subject to hydrolysis) is 1. The summed E-state index contributed by atoms with van der Waals surface area (Å²) in [4.78, 5) is 14.3. The summed E-state index contributed by atoms with van der Waals surface area (Å²) in [6.45, 7) is 1.28. The second-order valence-electron chi connectivity index (χ2n) is 6.12. The van der Waals surface area contributed by atoms with Gasteiger partial charge in [0.2, 0.25) is 0 Å². The molecule has 1 N–H and O–H groups in total. The van der Waals surface area contributed by atoms with Gasteiger partial charge in [0, 0.05) is 16.3 Å². The van der Waals surface area contributed by atoms with Crippen LogP contribution in [0.5, 0.6) is 0 Å². The lowest BCUT2D eigenvalue weighted by Crippen LogP contribution is -2.26. The molecule has 0 bridgehead atoms. The van der Waals surface area contributed by atoms with E-state index in [9.17, 15) is 4.79 Å². The first kappa shape index (κ1) is 17.5. The van der Waals surface area contributed by atoms with Crippen LogP contribution in [-0.4, -0.2) is 19.2 Å². The zero-order valence-corrected chi connectivity index (χ0v) is 15.6. The Morgan fingerprint density at radius 3 is 2.11 bits per heavy atom. The fourth-order valence-electron chi connectivity index (χ4n) is 3.04. The van der Waals surface area contributed by atoms with Crippen LogP contribution in [0.15, 0.2) is 93.0 Å². The Hall–Kier alpha value is -2.92. The van der Waals surface area contributed by atoms with Crippen LogP contribution in [0.4, 0.5) is 4.79 Å². The van der Waals surface area contributed by atoms with Gasteiger partial charge in [-0.3, -0.25) is 4.36 Å². The van der Waals surface area contributed by atoms with Crippen LogP contribution in [0, 0.1) is 0 Å². The van der Waals surface area contributed by atoms with Crippen molar-refractivity contribution >= 4 is 16.8 Å². The molecule has 4 nitrogen and oxygen atoms in total. The molecule has 1 aliphatic heterocycles. The van der Waals surface area contributed by atoms with Gasteiger partial charge in [-0.25, -0.2) is 4.79 Å². The van der Waals surface area contributed by atoms with E-state index < -0.39 is 6.09 Å². The summed E-state index contributed by atoms with van der Waals surface area (Å²) < 4.78 is 10.1. The van der Waals surface area contributed by atoms with Crippen molar-refractivity contribution < 1.29 is 9.53 Å². The molecule has 0 aromatic heterocycles. The number of carbonyl (C=O) groups is 1. The summed E-state index contributed by atoms with van der Waals surface area (Å²) in [6, 6.07) is 26.5. The Morgan fingerprint density at radius 2 is 1.44 bits per heavy atom. The molecule has 5 heteroatoms. The van der Waals surface area contributed by atoms with Gasteiger partial charge in [-0.15, -0.1) is 0 Å². The minimum atomic E-state index is -0.412. The van der Waals surface area contributed by atoms with E-state index in [0.717, 1.165) is 5.56 Å². The van der Waals surface area contributed by atoms with Crippen LogP contribution >= 0.6 is 0 Å². The summed E-state index contributed by atoms with van der Waals surface area (Å²) in [5.41, 5.74) is 3.49. The van der Waals surface area contributed by atoms with Crippen molar-refractivity contribution in [1.82, 2.24) is 5.32 Å². The predicted octanol–water partition coefficient (Wildman–Crippen LogP) is 4.81. The van der Waals surface area contributed by atoms with E-state index >= 15 is 0 Å². The topological polar surface area (TPSA) is 50.7 Å². The van der Waals surface area contributed by atoms with Crippen molar-refractivity contribution in [2.45, 2.75) is 16.4 Å². The summed E-state index contributed by atoms with van der Waals surface area (Å²) in [5, 5.41) is 2.77. The summed E-state index contributed by atoms with van der Waals surface area (Å²) in [5.74, 6) is 0. The lowest BCUT2D eigenvalue weighted by molar-refractivity contribution is 0.140. The lowest BCUT2D eigenvalue weighted by atomic mass is 10.1. The minimum absolute atomic E-state index is 0.273. The number of nitrogens with one attached hydrogen (secondary N) is 1. The molecule has 3 aromatic rings. The fraction of sp³-hybridized carbons (Fsp3) is 0.136. The summed E-state index contributed by atoms with van der Waals surface area (Å²) >= 11 is 0. The number of nitrogens with zero attached hydrogens (tertiary/aromatic N) is 1. The van der Waals surface area contributed by atoms with E-state index in [-0.39, 0.29) is 17.3 Å². The molecule has 136 valence electrons. The third-order valence-electron chi connectivity index (χ3n) is 4.30. The van der Waals surface area contributed by atoms with Crippen LogP contribution in [0.25, 0.3) is 11.1 Å². The molecule has 0 saturated carbocycles. The Bertz CT molecular complexity index is 939. The molecule has 0 fully saturated rings. The Morgan fingerprint density at radius 1 is 0.852 bits per heavy atom. The highest BCUT2D eigenvalue weighted by atomic mass is 32.2. The molecule has 0 saturated heterocycles. The van der Waals surface area contributed by atoms with E-state index in [1.807, 2.05) is 30.3 Å². The van der Waals surface area contributed by atoms with E-state index in [0.29, 0.717) is 13.1 Å². The maximum absolute atomic E-state index is 11.8. The second kappa shape index (κ2) is 8.18. The average Bonchev–Trinajstić information content (AvgIpc) is 3.04. The molecule has 0 atom stereocenters. The Labute approximate surface area is 161 Å². The molecule has 0 aliphatic carbocycles. The van der Waals surface area contributed by atoms with Crippen molar-refractivity contribution in [3.8, 4) is 11.1 Å². The van der Waals surface area contributed by atoms with Crippen molar-refractivity contribution in [3.05, 3.63) is 84.4 Å². The number of amides is 1. The maximum atomic E-state index is 11.8. The molecular weight excluding hydrogens is 356 g/mol. The average molecular weight is 376 g/mol. The first-order valence-corrected chi connectivity index (χ1v) is 10.1. The van der Waals surface area contributed by atoms with Crippen molar-refractivity contribution in [1.29, 1.82) is 0 Å². The molecule has 27 heavy (non-hydrogen) atoms. The largest absolute Gasteiger partial charge is 0.445 e. The van der Waals surface area contributed by atoms with Gasteiger partial charge >= 0.3 is 6.09 Å². The minimum Gasteiger partial charge on any atom is -0.445 e. The number of ether oxygens (including phenoxy) is 1. The first-order valence-electron chi connectivity index (χ1n) is 8.88. The molecule has 0 unspecified atom stereocenters. The molecule has 4 rings (SSSR count). The number of carbonyl (C=O) groups excluding carboxylic acids is 1. The van der Waals surface area contributed by atoms with Gasteiger partial charge in [-0.2, -0.15) is 0 Å². The van der Waals surface area contributed by atoms with Crippen molar-refractivity contribution in [3.63, 3.8) is 0 Å². The fourth-order valence-corrected chi connectivity index (χ4v) is 5.02. The van der Waals surface area contributed by atoms with Gasteiger partial charge in [-0.1, -0.05) is 66.7 Å². The highest BCUT2D eigenvalue weighted by molar-refractivity contribution is 7.88. The third kappa shape index (κ3) is 3.93. The normalized spacial score (nSPS) is 12.1. The summed E-state index contributed by atoms with van der Waals surface area (Å²) in [7, 11) is -0.292. The number of fused-ring (bicyclic) bond motifs is 3. The van der Waals surface area contributed by atoms with Crippen molar-refractivity contribution in [2.75, 3.05) is 13.1 Å². The van der Waals surface area contributed by atoms with Crippen LogP contribution in [-0.2, 0) is 22.0 Å². The quantitative estimate of drug-likeness (QED) is 0.508. The monoisotopic (exact) mass is 376 g/mol. The van der Waals surface area contributed by atoms with Gasteiger partial charge in [0.05, 0.1) is 6.54 Å². The van der Waals surface area contributed by atoms with Gasteiger partial charge in [0.25, 0.3) is 0 Å². The van der Waals surface area contributed by atoms with E-state index in [1.165, 1.54) is 20.9 Å². The molecule has 0 radical (unpaired) electrons. The van der Waals surface area contributed by atoms with Gasteiger partial charge in [0.1, 0.15) is 6.61 Å². The highest BCUT2D eigenvalue weighted by Gasteiger charge is 2.22. The maximum Gasteiger partial charge on any atom is 0.407 e. The molecule has 1 heterocycles. The zero-order valence-electron chi connectivity index (χ0n) is 14.8. The highest BCUT2D eigenvalue weighted by Crippen LogP contribution is 2.41. The smallest absolute Gasteiger partial charge is 0.407 e. The molecule has 3 aromatic carbocycles.